The highest BCUT2D eigenvalue weighted by atomic mass is 16.5. The first kappa shape index (κ1) is 13.4. The fraction of sp³-hybridized carbons (Fsp3) is 0.600. The van der Waals surface area contributed by atoms with E-state index in [9.17, 15) is 0 Å². The molecule has 0 aliphatic carbocycles. The molecule has 1 aliphatic rings. The van der Waals surface area contributed by atoms with Gasteiger partial charge in [-0.3, -0.25) is 0 Å². The van der Waals surface area contributed by atoms with Gasteiger partial charge in [-0.25, -0.2) is 0 Å². The quantitative estimate of drug-likeness (QED) is 0.752. The average Bonchev–Trinajstić information content (AvgIpc) is 2.92. The monoisotopic (exact) mass is 249 g/mol. The Morgan fingerprint density at radius 3 is 3.06 bits per heavy atom. The Hall–Kier alpha value is -1.06. The number of aryl methyl sites for hydroxylation is 1. The summed E-state index contributed by atoms with van der Waals surface area (Å²) in [6.07, 6.45) is 2.20. The minimum absolute atomic E-state index is 0.688. The zero-order valence-electron chi connectivity index (χ0n) is 11.2. The maximum Gasteiger partial charge on any atom is 0.122 e. The van der Waals surface area contributed by atoms with E-state index in [0.717, 1.165) is 45.1 Å². The molecule has 0 aromatic heterocycles. The lowest BCUT2D eigenvalue weighted by Crippen LogP contribution is -2.27. The molecule has 1 heterocycles. The molecular formula is C15H23NO2. The molecule has 1 N–H and O–H groups in total. The van der Waals surface area contributed by atoms with Crippen molar-refractivity contribution in [3.63, 3.8) is 0 Å². The largest absolute Gasteiger partial charge is 0.492 e. The Morgan fingerprint density at radius 1 is 1.39 bits per heavy atom. The first-order chi connectivity index (χ1) is 8.90. The standard InChI is InChI=1S/C15H23NO2/c1-2-14-5-3-4-6-15(14)18-10-8-16-11-13-7-9-17-12-13/h3-6,13,16H,2,7-12H2,1H3. The van der Waals surface area contributed by atoms with Crippen molar-refractivity contribution in [2.75, 3.05) is 32.9 Å². The van der Waals surface area contributed by atoms with E-state index in [1.54, 1.807) is 0 Å². The summed E-state index contributed by atoms with van der Waals surface area (Å²) in [5, 5.41) is 3.43. The summed E-state index contributed by atoms with van der Waals surface area (Å²) in [7, 11) is 0. The predicted molar refractivity (Wildman–Crippen MR) is 73.1 cm³/mol. The fourth-order valence-electron chi connectivity index (χ4n) is 2.22. The van der Waals surface area contributed by atoms with Gasteiger partial charge in [-0.1, -0.05) is 25.1 Å². The van der Waals surface area contributed by atoms with E-state index in [0.29, 0.717) is 5.92 Å². The summed E-state index contributed by atoms with van der Waals surface area (Å²) in [6, 6.07) is 8.25. The molecule has 3 heteroatoms. The maximum absolute atomic E-state index is 5.80. The molecule has 1 atom stereocenters. The maximum atomic E-state index is 5.80. The second-order valence-corrected chi connectivity index (χ2v) is 4.74. The van der Waals surface area contributed by atoms with Crippen molar-refractivity contribution in [2.24, 2.45) is 5.92 Å². The van der Waals surface area contributed by atoms with Crippen LogP contribution in [0.5, 0.6) is 5.75 Å². The fourth-order valence-corrected chi connectivity index (χ4v) is 2.22. The van der Waals surface area contributed by atoms with Gasteiger partial charge in [0.1, 0.15) is 12.4 Å². The number of para-hydroxylation sites is 1. The van der Waals surface area contributed by atoms with E-state index >= 15 is 0 Å². The first-order valence-corrected chi connectivity index (χ1v) is 6.89. The van der Waals surface area contributed by atoms with E-state index < -0.39 is 0 Å². The number of benzene rings is 1. The Bertz CT molecular complexity index is 348. The molecule has 100 valence electrons. The summed E-state index contributed by atoms with van der Waals surface area (Å²) in [5.74, 6) is 1.71. The molecule has 18 heavy (non-hydrogen) atoms. The van der Waals surface area contributed by atoms with Gasteiger partial charge < -0.3 is 14.8 Å². The van der Waals surface area contributed by atoms with Crippen molar-refractivity contribution in [1.82, 2.24) is 5.32 Å². The van der Waals surface area contributed by atoms with Crippen molar-refractivity contribution in [3.05, 3.63) is 29.8 Å². The number of hydrogen-bond acceptors (Lipinski definition) is 3. The van der Waals surface area contributed by atoms with Gasteiger partial charge in [0, 0.05) is 19.7 Å². The van der Waals surface area contributed by atoms with E-state index in [1.165, 1.54) is 12.0 Å². The zero-order chi connectivity index (χ0) is 12.6. The van der Waals surface area contributed by atoms with E-state index in [-0.39, 0.29) is 0 Å². The van der Waals surface area contributed by atoms with Crippen molar-refractivity contribution in [3.8, 4) is 5.75 Å². The molecule has 2 rings (SSSR count). The van der Waals surface area contributed by atoms with Gasteiger partial charge >= 0.3 is 0 Å². The number of rotatable bonds is 7. The summed E-state index contributed by atoms with van der Waals surface area (Å²) < 4.78 is 11.1. The van der Waals surface area contributed by atoms with Crippen LogP contribution in [0, 0.1) is 5.92 Å². The third-order valence-corrected chi connectivity index (χ3v) is 3.35. The van der Waals surface area contributed by atoms with Crippen LogP contribution in [-0.4, -0.2) is 32.9 Å². The van der Waals surface area contributed by atoms with E-state index in [2.05, 4.69) is 24.4 Å². The second kappa shape index (κ2) is 7.39. The molecule has 3 nitrogen and oxygen atoms in total. The normalized spacial score (nSPS) is 19.1. The average molecular weight is 249 g/mol. The highest BCUT2D eigenvalue weighted by Crippen LogP contribution is 2.17. The van der Waals surface area contributed by atoms with Crippen molar-refractivity contribution in [2.45, 2.75) is 19.8 Å². The molecule has 0 spiro atoms. The molecule has 1 saturated heterocycles. The molecular weight excluding hydrogens is 226 g/mol. The topological polar surface area (TPSA) is 30.5 Å². The van der Waals surface area contributed by atoms with Gasteiger partial charge in [-0.05, 0) is 30.4 Å². The second-order valence-electron chi connectivity index (χ2n) is 4.74. The van der Waals surface area contributed by atoms with Crippen molar-refractivity contribution in [1.29, 1.82) is 0 Å². The lowest BCUT2D eigenvalue weighted by atomic mass is 10.1. The van der Waals surface area contributed by atoms with Gasteiger partial charge in [-0.2, -0.15) is 0 Å². The molecule has 0 amide bonds. The lowest BCUT2D eigenvalue weighted by Gasteiger charge is -2.12. The van der Waals surface area contributed by atoms with Gasteiger partial charge in [0.25, 0.3) is 0 Å². The first-order valence-electron chi connectivity index (χ1n) is 6.89. The summed E-state index contributed by atoms with van der Waals surface area (Å²) in [6.45, 7) is 6.65. The molecule has 0 bridgehead atoms. The molecule has 0 radical (unpaired) electrons. The Kier molecular flexibility index (Phi) is 5.49. The van der Waals surface area contributed by atoms with Crippen LogP contribution in [0.25, 0.3) is 0 Å². The van der Waals surface area contributed by atoms with Crippen LogP contribution in [0.15, 0.2) is 24.3 Å². The van der Waals surface area contributed by atoms with Gasteiger partial charge in [0.15, 0.2) is 0 Å². The highest BCUT2D eigenvalue weighted by molar-refractivity contribution is 5.33. The SMILES string of the molecule is CCc1ccccc1OCCNCC1CCOC1. The third kappa shape index (κ3) is 4.00. The number of nitrogens with one attached hydrogen (secondary N) is 1. The highest BCUT2D eigenvalue weighted by Gasteiger charge is 2.14. The summed E-state index contributed by atoms with van der Waals surface area (Å²) in [5.41, 5.74) is 1.28. The number of ether oxygens (including phenoxy) is 2. The van der Waals surface area contributed by atoms with Gasteiger partial charge in [-0.15, -0.1) is 0 Å². The van der Waals surface area contributed by atoms with Crippen LogP contribution in [0.2, 0.25) is 0 Å². The van der Waals surface area contributed by atoms with Crippen molar-refractivity contribution < 1.29 is 9.47 Å². The smallest absolute Gasteiger partial charge is 0.122 e. The van der Waals surface area contributed by atoms with E-state index in [4.69, 9.17) is 9.47 Å². The zero-order valence-corrected chi connectivity index (χ0v) is 11.2. The van der Waals surface area contributed by atoms with Crippen LogP contribution in [0.3, 0.4) is 0 Å². The van der Waals surface area contributed by atoms with Crippen molar-refractivity contribution >= 4 is 0 Å². The molecule has 1 unspecified atom stereocenters. The lowest BCUT2D eigenvalue weighted by molar-refractivity contribution is 0.185. The van der Waals surface area contributed by atoms with Crippen LogP contribution in [0.4, 0.5) is 0 Å². The molecule has 0 saturated carbocycles. The minimum atomic E-state index is 0.688. The molecule has 1 aromatic rings. The molecule has 1 aliphatic heterocycles. The van der Waals surface area contributed by atoms with Gasteiger partial charge in [0.2, 0.25) is 0 Å². The van der Waals surface area contributed by atoms with E-state index in [1.807, 2.05) is 12.1 Å². The molecule has 1 fully saturated rings. The van der Waals surface area contributed by atoms with Crippen LogP contribution >= 0.6 is 0 Å². The minimum Gasteiger partial charge on any atom is -0.492 e. The van der Waals surface area contributed by atoms with Crippen LogP contribution in [-0.2, 0) is 11.2 Å². The van der Waals surface area contributed by atoms with Gasteiger partial charge in [0.05, 0.1) is 6.61 Å². The van der Waals surface area contributed by atoms with Crippen LogP contribution in [0.1, 0.15) is 18.9 Å². The third-order valence-electron chi connectivity index (χ3n) is 3.35. The molecule has 1 aromatic carbocycles. The number of hydrogen-bond donors (Lipinski definition) is 1. The Balaban J connectivity index is 1.62. The summed E-state index contributed by atoms with van der Waals surface area (Å²) in [4.78, 5) is 0. The summed E-state index contributed by atoms with van der Waals surface area (Å²) >= 11 is 0. The predicted octanol–water partition coefficient (Wildman–Crippen LogP) is 2.25. The van der Waals surface area contributed by atoms with Crippen LogP contribution < -0.4 is 10.1 Å². The Morgan fingerprint density at radius 2 is 2.28 bits per heavy atom. The Labute approximate surface area is 109 Å².